The molecule has 31 heavy (non-hydrogen) atoms. The van der Waals surface area contributed by atoms with E-state index in [0.717, 1.165) is 54.7 Å². The van der Waals surface area contributed by atoms with Gasteiger partial charge in [0.15, 0.2) is 5.13 Å². The molecule has 0 unspecified atom stereocenters. The summed E-state index contributed by atoms with van der Waals surface area (Å²) in [7, 11) is 4.00. The maximum Gasteiger partial charge on any atom is 0.300 e. The Balaban J connectivity index is 0.000000370. The first-order chi connectivity index (χ1) is 14.5. The number of hydrogen-bond acceptors (Lipinski definition) is 7. The van der Waals surface area contributed by atoms with Crippen molar-refractivity contribution in [3.63, 3.8) is 0 Å². The van der Waals surface area contributed by atoms with Crippen molar-refractivity contribution < 1.29 is 19.8 Å². The second-order valence-corrected chi connectivity index (χ2v) is 8.90. The number of carboxylic acids is 2. The summed E-state index contributed by atoms with van der Waals surface area (Å²) < 4.78 is 1.99. The lowest BCUT2D eigenvalue weighted by Crippen LogP contribution is -2.44. The predicted molar refractivity (Wildman–Crippen MR) is 121 cm³/mol. The van der Waals surface area contributed by atoms with Crippen LogP contribution in [0, 0.1) is 12.8 Å². The van der Waals surface area contributed by atoms with Crippen molar-refractivity contribution in [2.45, 2.75) is 39.7 Å². The second-order valence-electron chi connectivity index (χ2n) is 7.92. The van der Waals surface area contributed by atoms with E-state index in [1.807, 2.05) is 30.5 Å². The fourth-order valence-electron chi connectivity index (χ4n) is 3.78. The van der Waals surface area contributed by atoms with Crippen molar-refractivity contribution in [3.8, 4) is 10.4 Å². The predicted octanol–water partition coefficient (Wildman–Crippen LogP) is 2.23. The molecule has 10 heteroatoms. The molecule has 2 atom stereocenters. The number of aryl methyl sites for hydroxylation is 1. The van der Waals surface area contributed by atoms with E-state index in [1.54, 1.807) is 17.4 Å². The largest absolute Gasteiger partial charge is 0.481 e. The van der Waals surface area contributed by atoms with Crippen molar-refractivity contribution in [2.75, 3.05) is 32.1 Å². The van der Waals surface area contributed by atoms with Gasteiger partial charge in [-0.15, -0.1) is 0 Å². The third kappa shape index (κ3) is 6.63. The van der Waals surface area contributed by atoms with E-state index < -0.39 is 11.9 Å². The Labute approximate surface area is 185 Å². The topological polar surface area (TPSA) is 125 Å². The first-order valence-electron chi connectivity index (χ1n) is 9.99. The van der Waals surface area contributed by atoms with Crippen molar-refractivity contribution in [1.29, 1.82) is 0 Å². The molecule has 1 saturated heterocycles. The van der Waals surface area contributed by atoms with Gasteiger partial charge in [-0.25, -0.2) is 4.98 Å². The third-order valence-electron chi connectivity index (χ3n) is 4.89. The van der Waals surface area contributed by atoms with Crippen LogP contribution >= 0.6 is 11.3 Å². The van der Waals surface area contributed by atoms with E-state index in [1.165, 1.54) is 12.1 Å². The molecule has 0 amide bonds. The molecule has 1 fully saturated rings. The highest BCUT2D eigenvalue weighted by Crippen LogP contribution is 2.37. The fraction of sp³-hybridized carbons (Fsp3) is 0.524. The second kappa shape index (κ2) is 10.5. The van der Waals surface area contributed by atoms with Crippen molar-refractivity contribution in [2.24, 2.45) is 5.92 Å². The van der Waals surface area contributed by atoms with Gasteiger partial charge in [-0.05, 0) is 31.9 Å². The number of thiazole rings is 1. The summed E-state index contributed by atoms with van der Waals surface area (Å²) in [5.41, 5.74) is 3.34. The van der Waals surface area contributed by atoms with E-state index in [2.05, 4.69) is 16.4 Å². The lowest BCUT2D eigenvalue weighted by Gasteiger charge is -2.37. The Bertz CT molecular complexity index is 978. The number of rotatable bonds is 2. The Morgan fingerprint density at radius 3 is 2.35 bits per heavy atom. The average molecular weight is 451 g/mol. The number of anilines is 1. The molecule has 2 aliphatic rings. The summed E-state index contributed by atoms with van der Waals surface area (Å²) >= 11 is 1.65. The van der Waals surface area contributed by atoms with Crippen LogP contribution in [0.5, 0.6) is 0 Å². The van der Waals surface area contributed by atoms with Crippen LogP contribution < -0.4 is 15.8 Å². The molecule has 0 saturated carbocycles. The molecule has 0 spiro atoms. The summed E-state index contributed by atoms with van der Waals surface area (Å²) in [6, 6.07) is 4.01. The van der Waals surface area contributed by atoms with E-state index >= 15 is 0 Å². The van der Waals surface area contributed by atoms with Gasteiger partial charge in [0.05, 0.1) is 10.6 Å². The number of nitrogens with zero attached hydrogens (tertiary/aromatic N) is 3. The van der Waals surface area contributed by atoms with Crippen molar-refractivity contribution in [3.05, 3.63) is 33.9 Å². The maximum absolute atomic E-state index is 12.7. The molecule has 0 radical (unpaired) electrons. The number of aromatic nitrogens is 2. The van der Waals surface area contributed by atoms with E-state index in [9.17, 15) is 4.79 Å². The standard InChI is InChI=1S/C17H22N4OS.2C2H4O2/c1-10-16(23-17(19-10)20(2)3)12-5-14-13-4-11(7-18-8-13)9-21(14)15(22)6-12;2*1-2(3)4/h5-6,11,13,18H,4,7-9H2,1-3H3;2*1H3,(H,3,4)/t11-,13+;;/m0../s1. The minimum atomic E-state index is -0.833. The molecular weight excluding hydrogens is 420 g/mol. The third-order valence-corrected chi connectivity index (χ3v) is 6.27. The number of aliphatic carboxylic acids is 2. The molecule has 0 aliphatic carbocycles. The summed E-state index contributed by atoms with van der Waals surface area (Å²) in [5.74, 6) is -0.619. The molecule has 9 nitrogen and oxygen atoms in total. The van der Waals surface area contributed by atoms with Gasteiger partial charge >= 0.3 is 0 Å². The molecule has 2 aromatic rings. The molecule has 0 aromatic carbocycles. The van der Waals surface area contributed by atoms with Crippen molar-refractivity contribution in [1.82, 2.24) is 14.9 Å². The lowest BCUT2D eigenvalue weighted by molar-refractivity contribution is -0.135. The van der Waals surface area contributed by atoms with Gasteiger partial charge in [0.1, 0.15) is 0 Å². The van der Waals surface area contributed by atoms with Gasteiger partial charge in [-0.3, -0.25) is 14.4 Å². The molecular formula is C21H30N4O5S. The number of hydrogen-bond donors (Lipinski definition) is 3. The van der Waals surface area contributed by atoms with Crippen LogP contribution in [0.4, 0.5) is 5.13 Å². The number of nitrogens with one attached hydrogen (secondary N) is 1. The minimum absolute atomic E-state index is 0.133. The first kappa shape index (κ1) is 24.5. The number of fused-ring (bicyclic) bond motifs is 4. The number of pyridine rings is 1. The van der Waals surface area contributed by atoms with Gasteiger partial charge in [-0.1, -0.05) is 11.3 Å². The summed E-state index contributed by atoms with van der Waals surface area (Å²) in [5, 5.41) is 19.3. The normalized spacial score (nSPS) is 18.5. The molecule has 3 N–H and O–H groups in total. The Kier molecular flexibility index (Phi) is 8.35. The van der Waals surface area contributed by atoms with Crippen LogP contribution in [0.2, 0.25) is 0 Å². The Hall–Kier alpha value is -2.72. The number of carboxylic acid groups (broad SMARTS) is 2. The number of carbonyl (C=O) groups is 2. The fourth-order valence-corrected chi connectivity index (χ4v) is 4.75. The van der Waals surface area contributed by atoms with Gasteiger partial charge in [0, 0.05) is 64.3 Å². The summed E-state index contributed by atoms with van der Waals surface area (Å²) in [6.07, 6.45) is 1.19. The molecule has 4 heterocycles. The SMILES string of the molecule is CC(=O)O.CC(=O)O.Cc1nc(N(C)C)sc1-c1cc2n(c(=O)c1)C[C@@H]1CNC[C@H]2C1. The molecule has 2 aromatic heterocycles. The zero-order chi connectivity index (χ0) is 23.3. The van der Waals surface area contributed by atoms with Crippen LogP contribution in [-0.2, 0) is 16.1 Å². The maximum atomic E-state index is 12.7. The summed E-state index contributed by atoms with van der Waals surface area (Å²) in [4.78, 5) is 38.4. The summed E-state index contributed by atoms with van der Waals surface area (Å²) in [6.45, 7) is 7.05. The van der Waals surface area contributed by atoms with E-state index in [-0.39, 0.29) is 5.56 Å². The van der Waals surface area contributed by atoms with Gasteiger partial charge < -0.3 is 25.0 Å². The van der Waals surface area contributed by atoms with Crippen LogP contribution in [0.3, 0.4) is 0 Å². The van der Waals surface area contributed by atoms with Crippen LogP contribution in [0.1, 0.15) is 37.6 Å². The smallest absolute Gasteiger partial charge is 0.300 e. The van der Waals surface area contributed by atoms with Gasteiger partial charge in [0.2, 0.25) is 0 Å². The molecule has 2 aliphatic heterocycles. The van der Waals surface area contributed by atoms with Crippen LogP contribution in [0.25, 0.3) is 10.4 Å². The highest BCUT2D eigenvalue weighted by molar-refractivity contribution is 7.19. The van der Waals surface area contributed by atoms with Gasteiger partial charge in [-0.2, -0.15) is 0 Å². The molecule has 170 valence electrons. The van der Waals surface area contributed by atoms with Crippen LogP contribution in [-0.4, -0.2) is 58.9 Å². The quantitative estimate of drug-likeness (QED) is 0.636. The highest BCUT2D eigenvalue weighted by atomic mass is 32.1. The van der Waals surface area contributed by atoms with E-state index in [0.29, 0.717) is 11.8 Å². The average Bonchev–Trinajstić information content (AvgIpc) is 3.04. The van der Waals surface area contributed by atoms with Crippen molar-refractivity contribution >= 4 is 28.4 Å². The highest BCUT2D eigenvalue weighted by Gasteiger charge is 2.31. The zero-order valence-corrected chi connectivity index (χ0v) is 19.3. The molecule has 4 rings (SSSR count). The van der Waals surface area contributed by atoms with Gasteiger partial charge in [0.25, 0.3) is 17.5 Å². The van der Waals surface area contributed by atoms with Crippen LogP contribution in [0.15, 0.2) is 16.9 Å². The Morgan fingerprint density at radius 2 is 1.81 bits per heavy atom. The lowest BCUT2D eigenvalue weighted by atomic mass is 9.84. The first-order valence-corrected chi connectivity index (χ1v) is 10.8. The Morgan fingerprint density at radius 1 is 1.19 bits per heavy atom. The zero-order valence-electron chi connectivity index (χ0n) is 18.5. The van der Waals surface area contributed by atoms with E-state index in [4.69, 9.17) is 19.8 Å². The monoisotopic (exact) mass is 450 g/mol. The minimum Gasteiger partial charge on any atom is -0.481 e. The molecule has 2 bridgehead atoms. The number of piperidine rings is 1.